The molecule has 0 saturated heterocycles. The van der Waals surface area contributed by atoms with E-state index in [2.05, 4.69) is 19.9 Å². The topological polar surface area (TPSA) is 101 Å². The first-order chi connectivity index (χ1) is 17.4. The zero-order valence-electron chi connectivity index (χ0n) is 21.0. The van der Waals surface area contributed by atoms with E-state index in [0.29, 0.717) is 40.8 Å². The molecule has 0 bridgehead atoms. The highest BCUT2D eigenvalue weighted by Crippen LogP contribution is 2.28. The number of amides is 1. The summed E-state index contributed by atoms with van der Waals surface area (Å²) in [6, 6.07) is 4.05. The summed E-state index contributed by atoms with van der Waals surface area (Å²) in [7, 11) is 0. The molecular formula is C26H26ClF2N5O3. The van der Waals surface area contributed by atoms with Crippen LogP contribution in [0.15, 0.2) is 59.4 Å². The highest BCUT2D eigenvalue weighted by molar-refractivity contribution is 6.29. The summed E-state index contributed by atoms with van der Waals surface area (Å²) in [5, 5.41) is 10.5. The number of aromatic nitrogens is 4. The largest absolute Gasteiger partial charge is 0.486 e. The molecule has 194 valence electrons. The van der Waals surface area contributed by atoms with Gasteiger partial charge in [-0.05, 0) is 52.3 Å². The van der Waals surface area contributed by atoms with Crippen LogP contribution in [0.2, 0.25) is 0 Å². The van der Waals surface area contributed by atoms with E-state index in [1.54, 1.807) is 52.9 Å². The molecule has 0 aliphatic rings. The summed E-state index contributed by atoms with van der Waals surface area (Å²) < 4.78 is 32.7. The van der Waals surface area contributed by atoms with E-state index in [0.717, 1.165) is 6.20 Å². The van der Waals surface area contributed by atoms with Crippen molar-refractivity contribution in [3.8, 4) is 11.4 Å². The van der Waals surface area contributed by atoms with Crippen LogP contribution >= 0.6 is 11.6 Å². The van der Waals surface area contributed by atoms with Crippen LogP contribution in [0.1, 0.15) is 44.8 Å². The Morgan fingerprint density at radius 2 is 1.89 bits per heavy atom. The smallest absolute Gasteiger partial charge is 0.218 e. The summed E-state index contributed by atoms with van der Waals surface area (Å²) in [5.74, 6) is -1.24. The van der Waals surface area contributed by atoms with Gasteiger partial charge in [-0.25, -0.2) is 18.7 Å². The summed E-state index contributed by atoms with van der Waals surface area (Å²) >= 11 is 6.19. The average Bonchev–Trinajstić information content (AvgIpc) is 2.83. The van der Waals surface area contributed by atoms with Gasteiger partial charge < -0.3 is 9.84 Å². The Bertz CT molecular complexity index is 1370. The Morgan fingerprint density at radius 1 is 1.16 bits per heavy atom. The van der Waals surface area contributed by atoms with E-state index in [9.17, 15) is 18.7 Å². The second-order valence-electron chi connectivity index (χ2n) is 8.71. The van der Waals surface area contributed by atoms with Gasteiger partial charge in [0.25, 0.3) is 0 Å². The predicted octanol–water partition coefficient (Wildman–Crippen LogP) is 5.30. The molecule has 0 aromatic carbocycles. The van der Waals surface area contributed by atoms with Crippen molar-refractivity contribution in [2.75, 3.05) is 4.90 Å². The molecule has 3 aromatic heterocycles. The van der Waals surface area contributed by atoms with Crippen molar-refractivity contribution in [2.24, 2.45) is 0 Å². The molecule has 1 N–H and O–H groups in total. The fraction of sp³-hybridized carbons (Fsp3) is 0.269. The second kappa shape index (κ2) is 11.5. The van der Waals surface area contributed by atoms with E-state index in [-0.39, 0.29) is 28.9 Å². The Hall–Kier alpha value is -3.76. The Morgan fingerprint density at radius 3 is 2.51 bits per heavy atom. The van der Waals surface area contributed by atoms with Crippen LogP contribution < -0.4 is 4.90 Å². The SMILES string of the molecule is C/C(=C/C(OCc1ncc(F)cc1F)=C(\C)Cl)N(C=O)c1cc(-c2ccnc(C(C)(C)O)n2)ncc1C. The number of pyridine rings is 2. The van der Waals surface area contributed by atoms with Crippen LogP contribution in [-0.2, 0) is 21.7 Å². The van der Waals surface area contributed by atoms with Crippen LogP contribution in [0.3, 0.4) is 0 Å². The van der Waals surface area contributed by atoms with Crippen molar-refractivity contribution in [3.05, 3.63) is 88.1 Å². The van der Waals surface area contributed by atoms with Crippen LogP contribution in [-0.4, -0.2) is 31.5 Å². The number of anilines is 1. The monoisotopic (exact) mass is 529 g/mol. The maximum Gasteiger partial charge on any atom is 0.218 e. The third kappa shape index (κ3) is 6.93. The highest BCUT2D eigenvalue weighted by Gasteiger charge is 2.21. The van der Waals surface area contributed by atoms with Gasteiger partial charge in [0, 0.05) is 30.2 Å². The van der Waals surface area contributed by atoms with Crippen LogP contribution in [0.5, 0.6) is 0 Å². The average molecular weight is 530 g/mol. The third-order valence-corrected chi connectivity index (χ3v) is 5.40. The van der Waals surface area contributed by atoms with Gasteiger partial charge >= 0.3 is 0 Å². The lowest BCUT2D eigenvalue weighted by Gasteiger charge is -2.22. The Balaban J connectivity index is 1.92. The van der Waals surface area contributed by atoms with E-state index in [1.807, 2.05) is 0 Å². The fourth-order valence-corrected chi connectivity index (χ4v) is 3.34. The van der Waals surface area contributed by atoms with Crippen molar-refractivity contribution in [3.63, 3.8) is 0 Å². The van der Waals surface area contributed by atoms with Crippen LogP contribution in [0, 0.1) is 18.6 Å². The van der Waals surface area contributed by atoms with Gasteiger partial charge in [0.1, 0.15) is 29.5 Å². The number of hydrogen-bond acceptors (Lipinski definition) is 7. The molecule has 3 aromatic rings. The van der Waals surface area contributed by atoms with Crippen molar-refractivity contribution in [1.29, 1.82) is 0 Å². The number of carbonyl (C=O) groups is 1. The molecule has 37 heavy (non-hydrogen) atoms. The predicted molar refractivity (Wildman–Crippen MR) is 135 cm³/mol. The maximum absolute atomic E-state index is 14.0. The molecule has 0 saturated carbocycles. The summed E-state index contributed by atoms with van der Waals surface area (Å²) in [6.07, 6.45) is 6.16. The zero-order chi connectivity index (χ0) is 27.3. The summed E-state index contributed by atoms with van der Waals surface area (Å²) in [5.41, 5.74) is 1.26. The lowest BCUT2D eigenvalue weighted by atomic mass is 10.1. The van der Waals surface area contributed by atoms with Gasteiger partial charge in [0.15, 0.2) is 11.6 Å². The van der Waals surface area contributed by atoms with Gasteiger partial charge in [-0.1, -0.05) is 11.6 Å². The zero-order valence-corrected chi connectivity index (χ0v) is 21.7. The molecule has 0 atom stereocenters. The maximum atomic E-state index is 14.0. The van der Waals surface area contributed by atoms with Gasteiger partial charge in [-0.15, -0.1) is 0 Å². The minimum atomic E-state index is -1.24. The molecule has 0 aliphatic carbocycles. The molecular weight excluding hydrogens is 504 g/mol. The molecule has 0 radical (unpaired) electrons. The van der Waals surface area contributed by atoms with Crippen molar-refractivity contribution in [2.45, 2.75) is 46.8 Å². The number of carbonyl (C=O) groups excluding carboxylic acids is 1. The highest BCUT2D eigenvalue weighted by atomic mass is 35.5. The molecule has 3 rings (SSSR count). The van der Waals surface area contributed by atoms with E-state index < -0.39 is 17.2 Å². The minimum Gasteiger partial charge on any atom is -0.486 e. The molecule has 3 heterocycles. The number of allylic oxidation sites excluding steroid dienone is 3. The standard InChI is InChI=1S/C26H26ClF2N5O3/c1-15-11-31-21(20-6-7-30-25(33-20)26(4,5)36)10-23(15)34(14-35)16(2)8-24(17(3)27)37-13-22-19(29)9-18(28)12-32-22/h6-12,14,36H,13H2,1-5H3/b16-8-,24-17-. The Kier molecular flexibility index (Phi) is 8.67. The quantitative estimate of drug-likeness (QED) is 0.228. The number of ether oxygens (including phenoxy) is 1. The van der Waals surface area contributed by atoms with E-state index in [1.165, 1.54) is 17.2 Å². The summed E-state index contributed by atoms with van der Waals surface area (Å²) in [6.45, 7) is 7.90. The molecule has 0 aliphatic heterocycles. The number of aryl methyl sites for hydroxylation is 1. The van der Waals surface area contributed by atoms with Gasteiger partial charge in [0.2, 0.25) is 6.41 Å². The molecule has 0 spiro atoms. The Labute approximate surface area is 218 Å². The van der Waals surface area contributed by atoms with Gasteiger partial charge in [0.05, 0.1) is 28.3 Å². The molecule has 8 nitrogen and oxygen atoms in total. The fourth-order valence-electron chi connectivity index (χ4n) is 3.23. The molecule has 0 unspecified atom stereocenters. The number of nitrogens with zero attached hydrogens (tertiary/aromatic N) is 5. The number of hydrogen-bond donors (Lipinski definition) is 1. The summed E-state index contributed by atoms with van der Waals surface area (Å²) in [4.78, 5) is 30.2. The second-order valence-corrected chi connectivity index (χ2v) is 9.28. The van der Waals surface area contributed by atoms with Gasteiger partial charge in [-0.2, -0.15) is 0 Å². The van der Waals surface area contributed by atoms with Crippen molar-refractivity contribution < 1.29 is 23.4 Å². The van der Waals surface area contributed by atoms with E-state index >= 15 is 0 Å². The first-order valence-corrected chi connectivity index (χ1v) is 11.5. The number of rotatable bonds is 9. The molecule has 0 fully saturated rings. The first kappa shape index (κ1) is 27.8. The molecule has 1 amide bonds. The third-order valence-electron chi connectivity index (χ3n) is 5.21. The van der Waals surface area contributed by atoms with Crippen LogP contribution in [0.4, 0.5) is 14.5 Å². The first-order valence-electron chi connectivity index (χ1n) is 11.2. The van der Waals surface area contributed by atoms with E-state index in [4.69, 9.17) is 16.3 Å². The lowest BCUT2D eigenvalue weighted by molar-refractivity contribution is -0.107. The van der Waals surface area contributed by atoms with Crippen molar-refractivity contribution in [1.82, 2.24) is 19.9 Å². The number of halogens is 3. The molecule has 11 heteroatoms. The minimum absolute atomic E-state index is 0.0972. The normalized spacial score (nSPS) is 12.7. The van der Waals surface area contributed by atoms with Crippen molar-refractivity contribution >= 4 is 23.7 Å². The van der Waals surface area contributed by atoms with Crippen LogP contribution in [0.25, 0.3) is 11.4 Å². The lowest BCUT2D eigenvalue weighted by Crippen LogP contribution is -2.21. The number of aliphatic hydroxyl groups is 1. The van der Waals surface area contributed by atoms with Gasteiger partial charge in [-0.3, -0.25) is 19.7 Å².